The lowest BCUT2D eigenvalue weighted by molar-refractivity contribution is -0.203. The molecule has 0 aromatic heterocycles. The number of ether oxygens (including phenoxy) is 2. The molecule has 1 saturated heterocycles. The summed E-state index contributed by atoms with van der Waals surface area (Å²) in [6, 6.07) is 9.68. The average Bonchev–Trinajstić information content (AvgIpc) is 2.77. The van der Waals surface area contributed by atoms with E-state index in [2.05, 4.69) is 0 Å². The van der Waals surface area contributed by atoms with Crippen LogP contribution >= 0.6 is 0 Å². The first-order chi connectivity index (χ1) is 8.73. The van der Waals surface area contributed by atoms with Gasteiger partial charge in [0.1, 0.15) is 0 Å². The largest absolute Gasteiger partial charge is 0.381 e. The van der Waals surface area contributed by atoms with Gasteiger partial charge in [0.15, 0.2) is 5.79 Å². The average molecular weight is 248 g/mol. The Morgan fingerprint density at radius 3 is 2.78 bits per heavy atom. The molecular weight excluding hydrogens is 228 g/mol. The minimum atomic E-state index is -1.13. The van der Waals surface area contributed by atoms with Gasteiger partial charge in [-0.1, -0.05) is 30.3 Å². The highest BCUT2D eigenvalue weighted by Gasteiger charge is 2.50. The van der Waals surface area contributed by atoms with Crippen molar-refractivity contribution in [3.63, 3.8) is 0 Å². The first-order valence-corrected chi connectivity index (χ1v) is 6.71. The van der Waals surface area contributed by atoms with E-state index >= 15 is 0 Å². The second-order valence-corrected chi connectivity index (χ2v) is 5.38. The number of hydrogen-bond acceptors (Lipinski definition) is 3. The summed E-state index contributed by atoms with van der Waals surface area (Å²) in [6.45, 7) is 0. The Balaban J connectivity index is 1.85. The van der Waals surface area contributed by atoms with Crippen LogP contribution in [0.15, 0.2) is 30.3 Å². The van der Waals surface area contributed by atoms with E-state index in [0.717, 1.165) is 24.8 Å². The van der Waals surface area contributed by atoms with Gasteiger partial charge in [0.25, 0.3) is 0 Å². The van der Waals surface area contributed by atoms with Gasteiger partial charge in [-0.25, -0.2) is 0 Å². The Labute approximate surface area is 108 Å². The van der Waals surface area contributed by atoms with Crippen LogP contribution < -0.4 is 0 Å². The molecule has 1 aliphatic heterocycles. The normalized spacial score (nSPS) is 39.6. The summed E-state index contributed by atoms with van der Waals surface area (Å²) in [5, 5.41) is 10.7. The van der Waals surface area contributed by atoms with Crippen LogP contribution in [0.4, 0.5) is 0 Å². The van der Waals surface area contributed by atoms with E-state index in [-0.39, 0.29) is 12.2 Å². The summed E-state index contributed by atoms with van der Waals surface area (Å²) in [4.78, 5) is 0. The van der Waals surface area contributed by atoms with Gasteiger partial charge in [-0.05, 0) is 19.3 Å². The number of methoxy groups -OCH3 is 1. The minimum Gasteiger partial charge on any atom is -0.381 e. The highest BCUT2D eigenvalue weighted by molar-refractivity contribution is 5.21. The van der Waals surface area contributed by atoms with Gasteiger partial charge >= 0.3 is 0 Å². The second kappa shape index (κ2) is 4.65. The smallest absolute Gasteiger partial charge is 0.193 e. The van der Waals surface area contributed by atoms with Crippen molar-refractivity contribution in [2.45, 2.75) is 43.7 Å². The fraction of sp³-hybridized carbons (Fsp3) is 0.600. The van der Waals surface area contributed by atoms with Crippen LogP contribution in [0.5, 0.6) is 0 Å². The monoisotopic (exact) mass is 248 g/mol. The van der Waals surface area contributed by atoms with E-state index < -0.39 is 5.79 Å². The molecule has 3 rings (SSSR count). The lowest BCUT2D eigenvalue weighted by Crippen LogP contribution is -2.34. The van der Waals surface area contributed by atoms with E-state index in [0.29, 0.717) is 12.3 Å². The van der Waals surface area contributed by atoms with Crippen molar-refractivity contribution in [2.24, 2.45) is 5.92 Å². The van der Waals surface area contributed by atoms with Crippen LogP contribution in [0.2, 0.25) is 0 Å². The Morgan fingerprint density at radius 1 is 1.28 bits per heavy atom. The lowest BCUT2D eigenvalue weighted by Gasteiger charge is -2.30. The SMILES string of the molecule is CO[C@@H]1CCC[C@H]2OC(O)(c3ccccc3)C[C@@H]12. The number of hydrogen-bond donors (Lipinski definition) is 1. The molecule has 1 aliphatic carbocycles. The molecule has 98 valence electrons. The van der Waals surface area contributed by atoms with Crippen molar-refractivity contribution < 1.29 is 14.6 Å². The van der Waals surface area contributed by atoms with Crippen LogP contribution in [0.3, 0.4) is 0 Å². The molecule has 0 amide bonds. The third-order valence-electron chi connectivity index (χ3n) is 4.32. The predicted molar refractivity (Wildman–Crippen MR) is 68.0 cm³/mol. The van der Waals surface area contributed by atoms with E-state index in [9.17, 15) is 5.11 Å². The molecule has 0 spiro atoms. The fourth-order valence-corrected chi connectivity index (χ4v) is 3.39. The third kappa shape index (κ3) is 1.96. The van der Waals surface area contributed by atoms with Crippen LogP contribution in [0, 0.1) is 5.92 Å². The number of benzene rings is 1. The second-order valence-electron chi connectivity index (χ2n) is 5.38. The molecule has 18 heavy (non-hydrogen) atoms. The highest BCUT2D eigenvalue weighted by atomic mass is 16.6. The molecule has 0 bridgehead atoms. The molecule has 1 saturated carbocycles. The van der Waals surface area contributed by atoms with E-state index in [4.69, 9.17) is 9.47 Å². The summed E-state index contributed by atoms with van der Waals surface area (Å²) in [6.07, 6.45) is 4.21. The van der Waals surface area contributed by atoms with Crippen molar-refractivity contribution in [2.75, 3.05) is 7.11 Å². The van der Waals surface area contributed by atoms with Crippen molar-refractivity contribution in [3.8, 4) is 0 Å². The molecule has 2 aliphatic rings. The Morgan fingerprint density at radius 2 is 2.06 bits per heavy atom. The molecule has 4 atom stereocenters. The van der Waals surface area contributed by atoms with Crippen LogP contribution in [0.1, 0.15) is 31.2 Å². The van der Waals surface area contributed by atoms with Crippen molar-refractivity contribution in [1.29, 1.82) is 0 Å². The zero-order valence-corrected chi connectivity index (χ0v) is 10.7. The quantitative estimate of drug-likeness (QED) is 0.873. The van der Waals surface area contributed by atoms with Crippen molar-refractivity contribution >= 4 is 0 Å². The first-order valence-electron chi connectivity index (χ1n) is 6.71. The van der Waals surface area contributed by atoms with Gasteiger partial charge in [0.2, 0.25) is 0 Å². The summed E-state index contributed by atoms with van der Waals surface area (Å²) < 4.78 is 11.5. The maximum absolute atomic E-state index is 10.7. The maximum atomic E-state index is 10.7. The summed E-state index contributed by atoms with van der Waals surface area (Å²) in [7, 11) is 1.76. The minimum absolute atomic E-state index is 0.133. The zero-order valence-electron chi connectivity index (χ0n) is 10.7. The van der Waals surface area contributed by atoms with Crippen LogP contribution in [-0.4, -0.2) is 24.4 Å². The van der Waals surface area contributed by atoms with Crippen molar-refractivity contribution in [1.82, 2.24) is 0 Å². The number of rotatable bonds is 2. The van der Waals surface area contributed by atoms with Gasteiger partial charge in [-0.15, -0.1) is 0 Å². The molecule has 2 fully saturated rings. The third-order valence-corrected chi connectivity index (χ3v) is 4.32. The topological polar surface area (TPSA) is 38.7 Å². The lowest BCUT2D eigenvalue weighted by atomic mass is 9.81. The molecule has 1 aromatic carbocycles. The summed E-state index contributed by atoms with van der Waals surface area (Å²) in [5.41, 5.74) is 0.856. The van der Waals surface area contributed by atoms with Gasteiger partial charge in [0, 0.05) is 25.0 Å². The fourth-order valence-electron chi connectivity index (χ4n) is 3.39. The molecule has 1 heterocycles. The standard InChI is InChI=1S/C15H20O3/c1-17-13-8-5-9-14-12(13)10-15(16,18-14)11-6-3-2-4-7-11/h2-4,6-7,12-14,16H,5,8-10H2,1H3/t12-,13+,14+,15?/m0/s1. The predicted octanol–water partition coefficient (Wildman–Crippen LogP) is 2.44. The first kappa shape index (κ1) is 12.2. The van der Waals surface area contributed by atoms with E-state index in [1.807, 2.05) is 30.3 Å². The molecular formula is C15H20O3. The maximum Gasteiger partial charge on any atom is 0.193 e. The Hall–Kier alpha value is -0.900. The highest BCUT2D eigenvalue weighted by Crippen LogP contribution is 2.47. The van der Waals surface area contributed by atoms with Crippen LogP contribution in [-0.2, 0) is 15.3 Å². The van der Waals surface area contributed by atoms with Gasteiger partial charge < -0.3 is 14.6 Å². The molecule has 3 nitrogen and oxygen atoms in total. The molecule has 0 radical (unpaired) electrons. The molecule has 1 N–H and O–H groups in total. The zero-order chi connectivity index (χ0) is 12.6. The van der Waals surface area contributed by atoms with Gasteiger partial charge in [0.05, 0.1) is 12.2 Å². The van der Waals surface area contributed by atoms with Gasteiger partial charge in [-0.3, -0.25) is 0 Å². The summed E-state index contributed by atoms with van der Waals surface area (Å²) in [5.74, 6) is -0.813. The molecule has 1 unspecified atom stereocenters. The molecule has 3 heteroatoms. The number of fused-ring (bicyclic) bond motifs is 1. The van der Waals surface area contributed by atoms with Crippen molar-refractivity contribution in [3.05, 3.63) is 35.9 Å². The number of aliphatic hydroxyl groups is 1. The summed E-state index contributed by atoms with van der Waals surface area (Å²) >= 11 is 0. The Bertz CT molecular complexity index is 405. The molecule has 1 aromatic rings. The van der Waals surface area contributed by atoms with E-state index in [1.165, 1.54) is 0 Å². The van der Waals surface area contributed by atoms with E-state index in [1.54, 1.807) is 7.11 Å². The van der Waals surface area contributed by atoms with Crippen LogP contribution in [0.25, 0.3) is 0 Å². The van der Waals surface area contributed by atoms with Gasteiger partial charge in [-0.2, -0.15) is 0 Å². The Kier molecular flexibility index (Phi) is 3.14.